The number of hydrogen-bond donors (Lipinski definition) is 1. The van der Waals surface area contributed by atoms with Crippen LogP contribution in [0.1, 0.15) is 40.5 Å². The lowest BCUT2D eigenvalue weighted by atomic mass is 9.88. The van der Waals surface area contributed by atoms with Crippen molar-refractivity contribution < 1.29 is 19.4 Å². The van der Waals surface area contributed by atoms with Gasteiger partial charge in [-0.3, -0.25) is 9.59 Å². The number of esters is 1. The molecule has 88 valence electrons. The highest BCUT2D eigenvalue weighted by Gasteiger charge is 2.32. The molecule has 0 bridgehead atoms. The van der Waals surface area contributed by atoms with Crippen molar-refractivity contribution in [1.82, 2.24) is 0 Å². The van der Waals surface area contributed by atoms with Gasteiger partial charge in [0, 0.05) is 0 Å². The minimum absolute atomic E-state index is 0.196. The molecule has 0 rings (SSSR count). The van der Waals surface area contributed by atoms with Crippen molar-refractivity contribution in [1.29, 1.82) is 0 Å². The largest absolute Gasteiger partial charge is 0.481 e. The molecule has 2 atom stereocenters. The van der Waals surface area contributed by atoms with E-state index in [4.69, 9.17) is 9.84 Å². The number of carbonyl (C=O) groups is 2. The van der Waals surface area contributed by atoms with Gasteiger partial charge in [-0.05, 0) is 26.7 Å². The molecular weight excluding hydrogens is 196 g/mol. The summed E-state index contributed by atoms with van der Waals surface area (Å²) in [6, 6.07) is 0. The van der Waals surface area contributed by atoms with E-state index >= 15 is 0 Å². The Morgan fingerprint density at radius 3 is 1.87 bits per heavy atom. The van der Waals surface area contributed by atoms with Crippen molar-refractivity contribution in [3.63, 3.8) is 0 Å². The highest BCUT2D eigenvalue weighted by atomic mass is 16.5. The predicted molar refractivity (Wildman–Crippen MR) is 56.4 cm³/mol. The van der Waals surface area contributed by atoms with Crippen LogP contribution in [0.25, 0.3) is 0 Å². The maximum Gasteiger partial charge on any atom is 0.310 e. The monoisotopic (exact) mass is 216 g/mol. The summed E-state index contributed by atoms with van der Waals surface area (Å²) >= 11 is 0. The van der Waals surface area contributed by atoms with E-state index in [1.165, 1.54) is 0 Å². The molecule has 0 saturated carbocycles. The minimum atomic E-state index is -0.926. The molecular formula is C11H20O4. The molecule has 0 aliphatic carbocycles. The summed E-state index contributed by atoms with van der Waals surface area (Å²) in [7, 11) is 0. The molecule has 0 fully saturated rings. The summed E-state index contributed by atoms with van der Waals surface area (Å²) in [5.74, 6) is -2.50. The molecule has 2 unspecified atom stereocenters. The second-order valence-electron chi connectivity index (χ2n) is 3.85. The lowest BCUT2D eigenvalue weighted by Crippen LogP contribution is -2.31. The zero-order valence-corrected chi connectivity index (χ0v) is 9.82. The van der Waals surface area contributed by atoms with E-state index in [1.54, 1.807) is 27.7 Å². The molecule has 0 aliphatic heterocycles. The molecule has 0 aromatic heterocycles. The van der Waals surface area contributed by atoms with Crippen LogP contribution in [-0.4, -0.2) is 23.1 Å². The Kier molecular flexibility index (Phi) is 5.97. The Labute approximate surface area is 90.6 Å². The zero-order valence-electron chi connectivity index (χ0n) is 9.82. The van der Waals surface area contributed by atoms with Crippen LogP contribution in [0.5, 0.6) is 0 Å². The molecule has 15 heavy (non-hydrogen) atoms. The van der Waals surface area contributed by atoms with Crippen molar-refractivity contribution in [2.45, 2.75) is 46.6 Å². The topological polar surface area (TPSA) is 63.6 Å². The molecule has 0 amide bonds. The Balaban J connectivity index is 4.58. The van der Waals surface area contributed by atoms with E-state index in [2.05, 4.69) is 0 Å². The second-order valence-corrected chi connectivity index (χ2v) is 3.85. The van der Waals surface area contributed by atoms with E-state index in [1.807, 2.05) is 0 Å². The molecule has 0 aromatic carbocycles. The van der Waals surface area contributed by atoms with Crippen LogP contribution in [0.15, 0.2) is 0 Å². The number of carboxylic acids is 1. The summed E-state index contributed by atoms with van der Waals surface area (Å²) < 4.78 is 5.03. The highest BCUT2D eigenvalue weighted by molar-refractivity contribution is 5.81. The quantitative estimate of drug-likeness (QED) is 0.690. The fourth-order valence-electron chi connectivity index (χ4n) is 1.57. The van der Waals surface area contributed by atoms with Crippen LogP contribution in [0.4, 0.5) is 0 Å². The first kappa shape index (κ1) is 13.9. The van der Waals surface area contributed by atoms with Crippen molar-refractivity contribution in [3.8, 4) is 0 Å². The van der Waals surface area contributed by atoms with Gasteiger partial charge in [-0.1, -0.05) is 13.8 Å². The minimum Gasteiger partial charge on any atom is -0.481 e. The summed E-state index contributed by atoms with van der Waals surface area (Å²) in [6.07, 6.45) is 0.745. The summed E-state index contributed by atoms with van der Waals surface area (Å²) in [5, 5.41) is 8.95. The van der Waals surface area contributed by atoms with E-state index in [9.17, 15) is 9.59 Å². The summed E-state index contributed by atoms with van der Waals surface area (Å²) in [5.41, 5.74) is 0. The number of carboxylic acid groups (broad SMARTS) is 1. The fourth-order valence-corrected chi connectivity index (χ4v) is 1.57. The van der Waals surface area contributed by atoms with Gasteiger partial charge in [0.2, 0.25) is 0 Å². The van der Waals surface area contributed by atoms with Gasteiger partial charge in [0.05, 0.1) is 17.9 Å². The van der Waals surface area contributed by atoms with Crippen LogP contribution in [0, 0.1) is 11.8 Å². The van der Waals surface area contributed by atoms with E-state index in [0.717, 1.165) is 0 Å². The average molecular weight is 216 g/mol. The Morgan fingerprint density at radius 2 is 1.60 bits per heavy atom. The Morgan fingerprint density at radius 1 is 1.13 bits per heavy atom. The molecule has 0 aliphatic rings. The number of hydrogen-bond acceptors (Lipinski definition) is 3. The van der Waals surface area contributed by atoms with Crippen molar-refractivity contribution >= 4 is 11.9 Å². The third-order valence-corrected chi connectivity index (χ3v) is 2.34. The van der Waals surface area contributed by atoms with Gasteiger partial charge in [0.15, 0.2) is 0 Å². The summed E-state index contributed by atoms with van der Waals surface area (Å²) in [6.45, 7) is 7.08. The summed E-state index contributed by atoms with van der Waals surface area (Å²) in [4.78, 5) is 22.5. The maximum atomic E-state index is 11.6. The van der Waals surface area contributed by atoms with Crippen LogP contribution >= 0.6 is 0 Å². The lowest BCUT2D eigenvalue weighted by Gasteiger charge is -2.21. The van der Waals surface area contributed by atoms with Crippen LogP contribution in [-0.2, 0) is 14.3 Å². The number of carbonyl (C=O) groups excluding carboxylic acids is 1. The molecule has 0 heterocycles. The molecule has 0 spiro atoms. The predicted octanol–water partition coefficient (Wildman–Crippen LogP) is 2.08. The van der Waals surface area contributed by atoms with Crippen molar-refractivity contribution in [2.75, 3.05) is 0 Å². The third kappa shape index (κ3) is 4.32. The van der Waals surface area contributed by atoms with Crippen LogP contribution in [0.3, 0.4) is 0 Å². The van der Waals surface area contributed by atoms with Gasteiger partial charge < -0.3 is 9.84 Å². The van der Waals surface area contributed by atoms with Crippen LogP contribution in [0.2, 0.25) is 0 Å². The third-order valence-electron chi connectivity index (χ3n) is 2.34. The first-order chi connectivity index (χ1) is 6.93. The Bertz CT molecular complexity index is 223. The Hall–Kier alpha value is -1.06. The molecule has 4 nitrogen and oxygen atoms in total. The van der Waals surface area contributed by atoms with E-state index in [0.29, 0.717) is 12.8 Å². The van der Waals surface area contributed by atoms with E-state index in [-0.39, 0.29) is 6.10 Å². The van der Waals surface area contributed by atoms with Gasteiger partial charge in [0.1, 0.15) is 0 Å². The van der Waals surface area contributed by atoms with Crippen molar-refractivity contribution in [3.05, 3.63) is 0 Å². The highest BCUT2D eigenvalue weighted by Crippen LogP contribution is 2.21. The zero-order chi connectivity index (χ0) is 12.0. The number of ether oxygens (including phenoxy) is 1. The second kappa shape index (κ2) is 6.43. The van der Waals surface area contributed by atoms with Crippen molar-refractivity contribution in [2.24, 2.45) is 11.8 Å². The van der Waals surface area contributed by atoms with Gasteiger partial charge >= 0.3 is 11.9 Å². The first-order valence-corrected chi connectivity index (χ1v) is 5.37. The molecule has 1 N–H and O–H groups in total. The molecule has 4 heteroatoms. The van der Waals surface area contributed by atoms with Gasteiger partial charge in [-0.2, -0.15) is 0 Å². The standard InChI is InChI=1S/C11H20O4/c1-5-8(10(12)13)9(6-2)11(14)15-7(3)4/h7-9H,5-6H2,1-4H3,(H,12,13). The maximum absolute atomic E-state index is 11.6. The number of aliphatic carboxylic acids is 1. The number of rotatable bonds is 6. The van der Waals surface area contributed by atoms with Gasteiger partial charge in [-0.25, -0.2) is 0 Å². The molecule has 0 saturated heterocycles. The normalized spacial score (nSPS) is 14.7. The molecule has 0 radical (unpaired) electrons. The van der Waals surface area contributed by atoms with E-state index < -0.39 is 23.8 Å². The smallest absolute Gasteiger partial charge is 0.310 e. The van der Waals surface area contributed by atoms with Gasteiger partial charge in [-0.15, -0.1) is 0 Å². The SMILES string of the molecule is CCC(C(=O)O)C(CC)C(=O)OC(C)C. The lowest BCUT2D eigenvalue weighted by molar-refractivity contribution is -0.160. The van der Waals surface area contributed by atoms with Gasteiger partial charge in [0.25, 0.3) is 0 Å². The fraction of sp³-hybridized carbons (Fsp3) is 0.818. The first-order valence-electron chi connectivity index (χ1n) is 5.37. The molecule has 0 aromatic rings. The van der Waals surface area contributed by atoms with Crippen LogP contribution < -0.4 is 0 Å². The average Bonchev–Trinajstić information content (AvgIpc) is 2.11.